The van der Waals surface area contributed by atoms with E-state index in [0.717, 1.165) is 5.69 Å². The highest BCUT2D eigenvalue weighted by atomic mass is 16.5. The molecule has 1 unspecified atom stereocenters. The average Bonchev–Trinajstić information content (AvgIpc) is 2.25. The molecule has 0 spiro atoms. The lowest BCUT2D eigenvalue weighted by Crippen LogP contribution is -2.26. The van der Waals surface area contributed by atoms with Gasteiger partial charge in [-0.05, 0) is 25.1 Å². The largest absolute Gasteiger partial charge is 0.482 e. The number of rotatable bonds is 3. The zero-order valence-electron chi connectivity index (χ0n) is 9.12. The second-order valence-electron chi connectivity index (χ2n) is 3.91. The number of ether oxygens (including phenoxy) is 1. The Morgan fingerprint density at radius 3 is 3.19 bits per heavy atom. The molecule has 1 aliphatic heterocycles. The van der Waals surface area contributed by atoms with E-state index in [-0.39, 0.29) is 18.6 Å². The Balaban J connectivity index is 2.12. The van der Waals surface area contributed by atoms with E-state index in [1.165, 1.54) is 0 Å². The summed E-state index contributed by atoms with van der Waals surface area (Å²) in [6, 6.07) is 5.66. The van der Waals surface area contributed by atoms with Crippen molar-refractivity contribution in [2.45, 2.75) is 13.0 Å². The van der Waals surface area contributed by atoms with Gasteiger partial charge in [0.05, 0.1) is 5.69 Å². The Bertz CT molecular complexity index is 404. The summed E-state index contributed by atoms with van der Waals surface area (Å²) in [4.78, 5) is 11.1. The van der Waals surface area contributed by atoms with Crippen LogP contribution in [0.25, 0.3) is 0 Å². The maximum atomic E-state index is 11.1. The molecule has 5 nitrogen and oxygen atoms in total. The molecule has 0 aromatic heterocycles. The SMILES string of the molecule is CC(N)CNc1ccc2c(c1)NC(=O)CO2. The van der Waals surface area contributed by atoms with Gasteiger partial charge in [-0.15, -0.1) is 0 Å². The van der Waals surface area contributed by atoms with Crippen LogP contribution in [0.4, 0.5) is 11.4 Å². The first-order valence-corrected chi connectivity index (χ1v) is 5.21. The molecule has 5 heteroatoms. The van der Waals surface area contributed by atoms with Gasteiger partial charge in [0.2, 0.25) is 0 Å². The first-order valence-electron chi connectivity index (χ1n) is 5.21. The quantitative estimate of drug-likeness (QED) is 0.705. The van der Waals surface area contributed by atoms with Crippen molar-refractivity contribution in [3.63, 3.8) is 0 Å². The lowest BCUT2D eigenvalue weighted by molar-refractivity contribution is -0.118. The van der Waals surface area contributed by atoms with Crippen LogP contribution in [-0.4, -0.2) is 25.1 Å². The summed E-state index contributed by atoms with van der Waals surface area (Å²) < 4.78 is 5.25. The molecule has 86 valence electrons. The third kappa shape index (κ3) is 2.43. The van der Waals surface area contributed by atoms with Gasteiger partial charge < -0.3 is 21.1 Å². The summed E-state index contributed by atoms with van der Waals surface area (Å²) in [5.74, 6) is 0.572. The fraction of sp³-hybridized carbons (Fsp3) is 0.364. The van der Waals surface area contributed by atoms with Crippen molar-refractivity contribution in [3.05, 3.63) is 18.2 Å². The Kier molecular flexibility index (Phi) is 2.96. The van der Waals surface area contributed by atoms with Crippen molar-refractivity contribution >= 4 is 17.3 Å². The van der Waals surface area contributed by atoms with E-state index < -0.39 is 0 Å². The lowest BCUT2D eigenvalue weighted by atomic mass is 10.2. The Labute approximate surface area is 94.0 Å². The minimum Gasteiger partial charge on any atom is -0.482 e. The number of hydrogen-bond acceptors (Lipinski definition) is 4. The molecule has 1 amide bonds. The first kappa shape index (κ1) is 10.8. The summed E-state index contributed by atoms with van der Waals surface area (Å²) in [5, 5.41) is 5.93. The first-order chi connectivity index (χ1) is 7.65. The normalized spacial score (nSPS) is 15.8. The van der Waals surface area contributed by atoms with Crippen LogP contribution < -0.4 is 21.1 Å². The second-order valence-corrected chi connectivity index (χ2v) is 3.91. The topological polar surface area (TPSA) is 76.4 Å². The molecule has 0 aliphatic carbocycles. The van der Waals surface area contributed by atoms with Gasteiger partial charge in [-0.2, -0.15) is 0 Å². The molecule has 1 atom stereocenters. The number of carbonyl (C=O) groups is 1. The number of carbonyl (C=O) groups excluding carboxylic acids is 1. The van der Waals surface area contributed by atoms with Gasteiger partial charge in [0.15, 0.2) is 6.61 Å². The van der Waals surface area contributed by atoms with Crippen LogP contribution in [0.15, 0.2) is 18.2 Å². The van der Waals surface area contributed by atoms with E-state index in [1.807, 2.05) is 25.1 Å². The number of nitrogens with two attached hydrogens (primary N) is 1. The van der Waals surface area contributed by atoms with E-state index >= 15 is 0 Å². The van der Waals surface area contributed by atoms with Crippen LogP contribution in [0.5, 0.6) is 5.75 Å². The minimum absolute atomic E-state index is 0.0829. The van der Waals surface area contributed by atoms with Crippen molar-refractivity contribution in [2.75, 3.05) is 23.8 Å². The standard InChI is InChI=1S/C11H15N3O2/c1-7(12)5-13-8-2-3-10-9(4-8)14-11(15)6-16-10/h2-4,7,13H,5-6,12H2,1H3,(H,14,15). The zero-order chi connectivity index (χ0) is 11.5. The molecule has 1 aromatic carbocycles. The van der Waals surface area contributed by atoms with Crippen LogP contribution in [0.3, 0.4) is 0 Å². The summed E-state index contributed by atoms with van der Waals surface area (Å²) in [6.07, 6.45) is 0. The minimum atomic E-state index is -0.128. The van der Waals surface area contributed by atoms with Crippen LogP contribution >= 0.6 is 0 Å². The van der Waals surface area contributed by atoms with E-state index in [1.54, 1.807) is 0 Å². The third-order valence-electron chi connectivity index (χ3n) is 2.24. The second kappa shape index (κ2) is 4.40. The molecule has 2 rings (SSSR count). The zero-order valence-corrected chi connectivity index (χ0v) is 9.12. The molecule has 4 N–H and O–H groups in total. The lowest BCUT2D eigenvalue weighted by Gasteiger charge is -2.19. The van der Waals surface area contributed by atoms with E-state index in [0.29, 0.717) is 18.0 Å². The summed E-state index contributed by atoms with van der Waals surface area (Å²) >= 11 is 0. The van der Waals surface area contributed by atoms with Gasteiger partial charge in [0, 0.05) is 18.3 Å². The molecule has 1 aliphatic rings. The van der Waals surface area contributed by atoms with Crippen LogP contribution in [-0.2, 0) is 4.79 Å². The molecule has 16 heavy (non-hydrogen) atoms. The molecule has 0 radical (unpaired) electrons. The van der Waals surface area contributed by atoms with Crippen LogP contribution in [0.1, 0.15) is 6.92 Å². The Hall–Kier alpha value is -1.75. The molecule has 0 fully saturated rings. The highest BCUT2D eigenvalue weighted by Crippen LogP contribution is 2.30. The van der Waals surface area contributed by atoms with Crippen molar-refractivity contribution in [3.8, 4) is 5.75 Å². The van der Waals surface area contributed by atoms with Gasteiger partial charge in [0.1, 0.15) is 5.75 Å². The fourth-order valence-electron chi connectivity index (χ4n) is 1.47. The van der Waals surface area contributed by atoms with E-state index in [9.17, 15) is 4.79 Å². The summed E-state index contributed by atoms with van der Waals surface area (Å²) in [6.45, 7) is 2.70. The number of nitrogens with one attached hydrogen (secondary N) is 2. The van der Waals surface area contributed by atoms with E-state index in [2.05, 4.69) is 10.6 Å². The van der Waals surface area contributed by atoms with Crippen molar-refractivity contribution in [1.82, 2.24) is 0 Å². The molecular weight excluding hydrogens is 206 g/mol. The number of anilines is 2. The van der Waals surface area contributed by atoms with Gasteiger partial charge >= 0.3 is 0 Å². The number of benzene rings is 1. The average molecular weight is 221 g/mol. The Morgan fingerprint density at radius 1 is 1.62 bits per heavy atom. The van der Waals surface area contributed by atoms with Gasteiger partial charge in [-0.1, -0.05) is 0 Å². The van der Waals surface area contributed by atoms with Crippen molar-refractivity contribution in [2.24, 2.45) is 5.73 Å². The van der Waals surface area contributed by atoms with Gasteiger partial charge in [0.25, 0.3) is 5.91 Å². The highest BCUT2D eigenvalue weighted by Gasteiger charge is 2.15. The molecule has 0 saturated carbocycles. The molecular formula is C11H15N3O2. The molecule has 0 saturated heterocycles. The molecule has 1 heterocycles. The predicted molar refractivity (Wildman–Crippen MR) is 62.7 cm³/mol. The highest BCUT2D eigenvalue weighted by molar-refractivity contribution is 5.95. The van der Waals surface area contributed by atoms with E-state index in [4.69, 9.17) is 10.5 Å². The molecule has 0 bridgehead atoms. The van der Waals surface area contributed by atoms with Crippen LogP contribution in [0.2, 0.25) is 0 Å². The maximum absolute atomic E-state index is 11.1. The number of amides is 1. The third-order valence-corrected chi connectivity index (χ3v) is 2.24. The number of hydrogen-bond donors (Lipinski definition) is 3. The van der Waals surface area contributed by atoms with Crippen molar-refractivity contribution in [1.29, 1.82) is 0 Å². The van der Waals surface area contributed by atoms with Gasteiger partial charge in [-0.3, -0.25) is 4.79 Å². The monoisotopic (exact) mass is 221 g/mol. The maximum Gasteiger partial charge on any atom is 0.262 e. The smallest absolute Gasteiger partial charge is 0.262 e. The summed E-state index contributed by atoms with van der Waals surface area (Å²) in [7, 11) is 0. The van der Waals surface area contributed by atoms with Gasteiger partial charge in [-0.25, -0.2) is 0 Å². The fourth-order valence-corrected chi connectivity index (χ4v) is 1.47. The molecule has 1 aromatic rings. The number of fused-ring (bicyclic) bond motifs is 1. The van der Waals surface area contributed by atoms with Crippen LogP contribution in [0, 0.1) is 0 Å². The predicted octanol–water partition coefficient (Wildman–Crippen LogP) is 0.777. The Morgan fingerprint density at radius 2 is 2.44 bits per heavy atom. The summed E-state index contributed by atoms with van der Waals surface area (Å²) in [5.41, 5.74) is 7.26. The van der Waals surface area contributed by atoms with Crippen molar-refractivity contribution < 1.29 is 9.53 Å².